The van der Waals surface area contributed by atoms with Gasteiger partial charge in [0.2, 0.25) is 5.91 Å². The molecule has 1 unspecified atom stereocenters. The number of rotatable bonds is 6. The number of benzene rings is 1. The van der Waals surface area contributed by atoms with Crippen LogP contribution in [0.15, 0.2) is 24.3 Å². The van der Waals surface area contributed by atoms with Gasteiger partial charge in [-0.25, -0.2) is 4.39 Å². The van der Waals surface area contributed by atoms with E-state index in [1.807, 2.05) is 13.8 Å². The Morgan fingerprint density at radius 3 is 2.46 bits per heavy atom. The molecular weight excluding hydrogens is 357 g/mol. The fourth-order valence-corrected chi connectivity index (χ4v) is 3.06. The number of halogens is 2. The molecule has 1 heterocycles. The normalized spacial score (nSPS) is 17.4. The van der Waals surface area contributed by atoms with Gasteiger partial charge in [-0.15, -0.1) is 12.4 Å². The number of hydrogen-bond acceptors (Lipinski definition) is 3. The first-order chi connectivity index (χ1) is 11.9. The standard InChI is InChI=1S/C19H28FN3O2.ClH/c1-3-19(21,4-2)13-22-17(24)15-6-5-11-23(12-15)18(25)14-7-9-16(20)10-8-14;/h7-10,15H,3-6,11-13,21H2,1-2H3,(H,22,24);1H. The van der Waals surface area contributed by atoms with Crippen LogP contribution in [0.2, 0.25) is 0 Å². The third-order valence-corrected chi connectivity index (χ3v) is 5.19. The molecule has 2 amide bonds. The van der Waals surface area contributed by atoms with Gasteiger partial charge in [0, 0.05) is 30.7 Å². The lowest BCUT2D eigenvalue weighted by molar-refractivity contribution is -0.126. The molecule has 26 heavy (non-hydrogen) atoms. The van der Waals surface area contributed by atoms with Gasteiger partial charge in [0.15, 0.2) is 0 Å². The molecule has 1 aliphatic rings. The summed E-state index contributed by atoms with van der Waals surface area (Å²) < 4.78 is 13.0. The predicted octanol–water partition coefficient (Wildman–Crippen LogP) is 2.73. The smallest absolute Gasteiger partial charge is 0.253 e. The first-order valence-corrected chi connectivity index (χ1v) is 9.00. The van der Waals surface area contributed by atoms with Crippen molar-refractivity contribution in [2.24, 2.45) is 11.7 Å². The predicted molar refractivity (Wildman–Crippen MR) is 103 cm³/mol. The molecule has 3 N–H and O–H groups in total. The Hall–Kier alpha value is -1.66. The maximum absolute atomic E-state index is 13.0. The summed E-state index contributed by atoms with van der Waals surface area (Å²) in [5.41, 5.74) is 6.29. The van der Waals surface area contributed by atoms with Crippen LogP contribution in [-0.4, -0.2) is 41.9 Å². The number of hydrogen-bond donors (Lipinski definition) is 2. The monoisotopic (exact) mass is 385 g/mol. The molecule has 1 aromatic carbocycles. The molecule has 146 valence electrons. The van der Waals surface area contributed by atoms with Crippen LogP contribution >= 0.6 is 12.4 Å². The average Bonchev–Trinajstić information content (AvgIpc) is 2.66. The Bertz CT molecular complexity index is 605. The van der Waals surface area contributed by atoms with Gasteiger partial charge in [-0.05, 0) is 49.9 Å². The second kappa shape index (κ2) is 9.88. The van der Waals surface area contributed by atoms with Crippen LogP contribution < -0.4 is 11.1 Å². The zero-order valence-electron chi connectivity index (χ0n) is 15.5. The average molecular weight is 386 g/mol. The Morgan fingerprint density at radius 1 is 1.27 bits per heavy atom. The fraction of sp³-hybridized carbons (Fsp3) is 0.579. The van der Waals surface area contributed by atoms with E-state index in [0.29, 0.717) is 25.2 Å². The lowest BCUT2D eigenvalue weighted by Crippen LogP contribution is -2.52. The van der Waals surface area contributed by atoms with E-state index in [9.17, 15) is 14.0 Å². The van der Waals surface area contributed by atoms with Crippen LogP contribution in [0.4, 0.5) is 4.39 Å². The highest BCUT2D eigenvalue weighted by Crippen LogP contribution is 2.19. The lowest BCUT2D eigenvalue weighted by atomic mass is 9.92. The molecule has 0 aliphatic carbocycles. The van der Waals surface area contributed by atoms with E-state index in [-0.39, 0.29) is 41.5 Å². The van der Waals surface area contributed by atoms with E-state index in [1.165, 1.54) is 24.3 Å². The number of nitrogens with two attached hydrogens (primary N) is 1. The Labute approximate surface area is 160 Å². The molecule has 2 rings (SSSR count). The second-order valence-electron chi connectivity index (χ2n) is 6.88. The van der Waals surface area contributed by atoms with E-state index in [1.54, 1.807) is 4.90 Å². The molecule has 1 saturated heterocycles. The molecule has 0 aromatic heterocycles. The maximum Gasteiger partial charge on any atom is 0.253 e. The van der Waals surface area contributed by atoms with Gasteiger partial charge in [0.25, 0.3) is 5.91 Å². The first-order valence-electron chi connectivity index (χ1n) is 9.00. The Balaban J connectivity index is 0.00000338. The number of amides is 2. The maximum atomic E-state index is 13.0. The zero-order chi connectivity index (χ0) is 18.4. The van der Waals surface area contributed by atoms with Crippen molar-refractivity contribution in [1.29, 1.82) is 0 Å². The second-order valence-corrected chi connectivity index (χ2v) is 6.88. The zero-order valence-corrected chi connectivity index (χ0v) is 16.3. The summed E-state index contributed by atoms with van der Waals surface area (Å²) in [6.45, 7) is 5.47. The molecule has 1 aliphatic heterocycles. The minimum absolute atomic E-state index is 0. The number of carbonyl (C=O) groups excluding carboxylic acids is 2. The number of nitrogens with one attached hydrogen (secondary N) is 1. The van der Waals surface area contributed by atoms with Crippen molar-refractivity contribution in [3.8, 4) is 0 Å². The van der Waals surface area contributed by atoms with Gasteiger partial charge >= 0.3 is 0 Å². The molecule has 7 heteroatoms. The summed E-state index contributed by atoms with van der Waals surface area (Å²) in [5, 5.41) is 2.95. The summed E-state index contributed by atoms with van der Waals surface area (Å²) >= 11 is 0. The van der Waals surface area contributed by atoms with Gasteiger partial charge in [0.1, 0.15) is 5.82 Å². The minimum Gasteiger partial charge on any atom is -0.354 e. The van der Waals surface area contributed by atoms with Crippen molar-refractivity contribution in [3.05, 3.63) is 35.6 Å². The Morgan fingerprint density at radius 2 is 1.88 bits per heavy atom. The van der Waals surface area contributed by atoms with Crippen LogP contribution in [0, 0.1) is 11.7 Å². The summed E-state index contributed by atoms with van der Waals surface area (Å²) in [6.07, 6.45) is 3.13. The first kappa shape index (κ1) is 22.4. The van der Waals surface area contributed by atoms with Crippen molar-refractivity contribution < 1.29 is 14.0 Å². The third kappa shape index (κ3) is 5.68. The van der Waals surface area contributed by atoms with Crippen LogP contribution in [0.1, 0.15) is 49.9 Å². The van der Waals surface area contributed by atoms with Gasteiger partial charge in [0.05, 0.1) is 5.92 Å². The quantitative estimate of drug-likeness (QED) is 0.790. The van der Waals surface area contributed by atoms with Crippen molar-refractivity contribution in [1.82, 2.24) is 10.2 Å². The van der Waals surface area contributed by atoms with Crippen LogP contribution in [-0.2, 0) is 4.79 Å². The van der Waals surface area contributed by atoms with E-state index in [0.717, 1.165) is 25.7 Å². The molecule has 0 spiro atoms. The number of likely N-dealkylation sites (tertiary alicyclic amines) is 1. The van der Waals surface area contributed by atoms with Gasteiger partial charge in [-0.3, -0.25) is 9.59 Å². The van der Waals surface area contributed by atoms with Gasteiger partial charge < -0.3 is 16.0 Å². The lowest BCUT2D eigenvalue weighted by Gasteiger charge is -2.33. The van der Waals surface area contributed by atoms with Crippen LogP contribution in [0.25, 0.3) is 0 Å². The van der Waals surface area contributed by atoms with Crippen molar-refractivity contribution in [2.75, 3.05) is 19.6 Å². The minimum atomic E-state index is -0.381. The molecule has 1 atom stereocenters. The highest BCUT2D eigenvalue weighted by molar-refractivity contribution is 5.94. The summed E-state index contributed by atoms with van der Waals surface area (Å²) in [7, 11) is 0. The van der Waals surface area contributed by atoms with Crippen LogP contribution in [0.3, 0.4) is 0 Å². The highest BCUT2D eigenvalue weighted by Gasteiger charge is 2.30. The number of piperidine rings is 1. The van der Waals surface area contributed by atoms with Gasteiger partial charge in [-0.2, -0.15) is 0 Å². The topological polar surface area (TPSA) is 75.4 Å². The largest absolute Gasteiger partial charge is 0.354 e. The number of carbonyl (C=O) groups is 2. The number of nitrogens with zero attached hydrogens (tertiary/aromatic N) is 1. The van der Waals surface area contributed by atoms with Crippen molar-refractivity contribution >= 4 is 24.2 Å². The summed E-state index contributed by atoms with van der Waals surface area (Å²) in [6, 6.07) is 5.51. The molecular formula is C19H29ClFN3O2. The molecule has 0 radical (unpaired) electrons. The van der Waals surface area contributed by atoms with E-state index >= 15 is 0 Å². The molecule has 0 bridgehead atoms. The fourth-order valence-electron chi connectivity index (χ4n) is 3.06. The molecule has 0 saturated carbocycles. The van der Waals surface area contributed by atoms with Crippen molar-refractivity contribution in [2.45, 2.75) is 45.1 Å². The van der Waals surface area contributed by atoms with E-state index < -0.39 is 0 Å². The summed E-state index contributed by atoms with van der Waals surface area (Å²) in [5.74, 6) is -0.804. The van der Waals surface area contributed by atoms with Crippen molar-refractivity contribution in [3.63, 3.8) is 0 Å². The van der Waals surface area contributed by atoms with E-state index in [2.05, 4.69) is 5.32 Å². The molecule has 1 aromatic rings. The third-order valence-electron chi connectivity index (χ3n) is 5.19. The van der Waals surface area contributed by atoms with Crippen LogP contribution in [0.5, 0.6) is 0 Å². The molecule has 5 nitrogen and oxygen atoms in total. The highest BCUT2D eigenvalue weighted by atomic mass is 35.5. The molecule has 1 fully saturated rings. The van der Waals surface area contributed by atoms with E-state index in [4.69, 9.17) is 5.73 Å². The SMILES string of the molecule is CCC(N)(CC)CNC(=O)C1CCCN(C(=O)c2ccc(F)cc2)C1.Cl. The summed E-state index contributed by atoms with van der Waals surface area (Å²) in [4.78, 5) is 26.7. The van der Waals surface area contributed by atoms with Gasteiger partial charge in [-0.1, -0.05) is 13.8 Å². The Kier molecular flexibility index (Phi) is 8.50.